The van der Waals surface area contributed by atoms with Crippen molar-refractivity contribution in [2.45, 2.75) is 45.1 Å². The van der Waals surface area contributed by atoms with Gasteiger partial charge in [-0.1, -0.05) is 0 Å². The number of aromatic nitrogens is 4. The van der Waals surface area contributed by atoms with Crippen molar-refractivity contribution in [1.82, 2.24) is 25.1 Å². The maximum absolute atomic E-state index is 5.47. The minimum atomic E-state index is 0. The number of rotatable bonds is 4. The molecule has 0 aliphatic carbocycles. The summed E-state index contributed by atoms with van der Waals surface area (Å²) >= 11 is 0. The molecule has 2 saturated heterocycles. The fourth-order valence-electron chi connectivity index (χ4n) is 4.55. The summed E-state index contributed by atoms with van der Waals surface area (Å²) in [5.74, 6) is 2.97. The van der Waals surface area contributed by atoms with Gasteiger partial charge in [-0.05, 0) is 75.4 Å². The Morgan fingerprint density at radius 3 is 2.70 bits per heavy atom. The highest BCUT2D eigenvalue weighted by Crippen LogP contribution is 2.32. The molecule has 160 valence electrons. The third kappa shape index (κ3) is 4.17. The molecule has 7 nitrogen and oxygen atoms in total. The summed E-state index contributed by atoms with van der Waals surface area (Å²) in [7, 11) is 0. The summed E-state index contributed by atoms with van der Waals surface area (Å²) in [5, 5.41) is 12.8. The number of aryl methyl sites for hydroxylation is 2. The number of nitrogens with zero attached hydrogens (tertiary/aromatic N) is 4. The van der Waals surface area contributed by atoms with E-state index in [4.69, 9.17) is 4.74 Å². The van der Waals surface area contributed by atoms with Crippen LogP contribution in [0.25, 0.3) is 16.7 Å². The lowest BCUT2D eigenvalue weighted by Crippen LogP contribution is -2.27. The number of piperidine rings is 1. The first kappa shape index (κ1) is 21.1. The second-order valence-electron chi connectivity index (χ2n) is 8.21. The van der Waals surface area contributed by atoms with Gasteiger partial charge >= 0.3 is 0 Å². The molecule has 1 atom stereocenters. The van der Waals surface area contributed by atoms with Crippen LogP contribution in [-0.4, -0.2) is 52.1 Å². The summed E-state index contributed by atoms with van der Waals surface area (Å²) in [4.78, 5) is 9.24. The maximum Gasteiger partial charge on any atom is 0.159 e. The first-order valence-corrected chi connectivity index (χ1v) is 10.6. The molecule has 2 aliphatic rings. The van der Waals surface area contributed by atoms with Crippen molar-refractivity contribution >= 4 is 30.2 Å². The van der Waals surface area contributed by atoms with Gasteiger partial charge in [-0.15, -0.1) is 0 Å². The van der Waals surface area contributed by atoms with Gasteiger partial charge in [0.2, 0.25) is 0 Å². The molecule has 0 unspecified atom stereocenters. The van der Waals surface area contributed by atoms with Gasteiger partial charge in [0.15, 0.2) is 5.82 Å². The summed E-state index contributed by atoms with van der Waals surface area (Å²) in [5.41, 5.74) is 3.90. The van der Waals surface area contributed by atoms with E-state index < -0.39 is 0 Å². The molecule has 2 aliphatic heterocycles. The summed E-state index contributed by atoms with van der Waals surface area (Å²) in [6.45, 7) is 7.85. The minimum Gasteiger partial charge on any atom is -0.379 e. The maximum atomic E-state index is 5.47. The van der Waals surface area contributed by atoms with Crippen molar-refractivity contribution in [3.8, 4) is 5.82 Å². The zero-order chi connectivity index (χ0) is 19.8. The first-order chi connectivity index (χ1) is 14.2. The number of hydrogen-bond acceptors (Lipinski definition) is 6. The van der Waals surface area contributed by atoms with Gasteiger partial charge in [0.05, 0.1) is 24.4 Å². The predicted molar refractivity (Wildman–Crippen MR) is 124 cm³/mol. The van der Waals surface area contributed by atoms with Gasteiger partial charge in [-0.25, -0.2) is 14.6 Å². The van der Waals surface area contributed by atoms with Crippen molar-refractivity contribution in [2.75, 3.05) is 31.6 Å². The number of anilines is 1. The van der Waals surface area contributed by atoms with Gasteiger partial charge in [0.25, 0.3) is 0 Å². The monoisotopic (exact) mass is 426 g/mol. The number of ether oxygens (including phenoxy) is 1. The van der Waals surface area contributed by atoms with Crippen LogP contribution in [0.5, 0.6) is 0 Å². The van der Waals surface area contributed by atoms with Crippen LogP contribution in [0, 0.1) is 13.8 Å². The molecule has 4 heterocycles. The molecule has 0 radical (unpaired) electrons. The van der Waals surface area contributed by atoms with Crippen LogP contribution in [0.4, 0.5) is 5.82 Å². The van der Waals surface area contributed by atoms with Crippen molar-refractivity contribution < 1.29 is 4.74 Å². The molecular weight excluding hydrogens is 396 g/mol. The normalized spacial score (nSPS) is 19.7. The number of benzene rings is 1. The van der Waals surface area contributed by atoms with E-state index in [1.54, 1.807) is 0 Å². The Labute approximate surface area is 184 Å². The first-order valence-electron chi connectivity index (χ1n) is 10.6. The number of fused-ring (bicyclic) bond motifs is 1. The van der Waals surface area contributed by atoms with E-state index in [0.29, 0.717) is 12.0 Å². The summed E-state index contributed by atoms with van der Waals surface area (Å²) in [6, 6.07) is 6.88. The van der Waals surface area contributed by atoms with Gasteiger partial charge in [-0.2, -0.15) is 18.6 Å². The lowest BCUT2D eigenvalue weighted by atomic mass is 9.87. The molecule has 3 aromatic rings. The molecule has 5 rings (SSSR count). The van der Waals surface area contributed by atoms with Crippen LogP contribution in [0.2, 0.25) is 0 Å². The van der Waals surface area contributed by atoms with Crippen molar-refractivity contribution in [3.63, 3.8) is 0 Å². The van der Waals surface area contributed by atoms with Crippen LogP contribution in [0.3, 0.4) is 0 Å². The molecular formula is C22H30N6OS. The smallest absolute Gasteiger partial charge is 0.159 e. The standard InChI is InChI=1S/C22H28N6O.H2S/c1-14-9-17-12-24-28(20(17)10-19(14)16-3-6-23-7-4-16)22-11-21(25-15(2)26-22)27-18-5-8-29-13-18;/h9-12,16,18,23H,3-8,13H2,1-2H3,(H,25,26,27);1H2/t18-;/m0./s1. The van der Waals surface area contributed by atoms with E-state index in [1.807, 2.05) is 23.9 Å². The zero-order valence-corrected chi connectivity index (χ0v) is 18.6. The van der Waals surface area contributed by atoms with E-state index in [1.165, 1.54) is 24.0 Å². The second-order valence-corrected chi connectivity index (χ2v) is 8.21. The van der Waals surface area contributed by atoms with E-state index in [0.717, 1.165) is 61.1 Å². The Balaban J connectivity index is 0.00000218. The Bertz CT molecular complexity index is 1020. The molecule has 2 N–H and O–H groups in total. The van der Waals surface area contributed by atoms with Crippen LogP contribution in [0.1, 0.15) is 42.1 Å². The largest absolute Gasteiger partial charge is 0.379 e. The number of nitrogens with one attached hydrogen (secondary N) is 2. The van der Waals surface area contributed by atoms with Gasteiger partial charge in [0, 0.05) is 18.1 Å². The lowest BCUT2D eigenvalue weighted by Gasteiger charge is -2.24. The van der Waals surface area contributed by atoms with Crippen LogP contribution < -0.4 is 10.6 Å². The van der Waals surface area contributed by atoms with E-state index >= 15 is 0 Å². The third-order valence-electron chi connectivity index (χ3n) is 6.06. The highest BCUT2D eigenvalue weighted by Gasteiger charge is 2.20. The quantitative estimate of drug-likeness (QED) is 0.667. The van der Waals surface area contributed by atoms with Crippen molar-refractivity contribution in [2.24, 2.45) is 0 Å². The zero-order valence-electron chi connectivity index (χ0n) is 17.6. The fraction of sp³-hybridized carbons (Fsp3) is 0.500. The Morgan fingerprint density at radius 1 is 1.10 bits per heavy atom. The molecule has 2 fully saturated rings. The Hall–Kier alpha value is -2.16. The van der Waals surface area contributed by atoms with Crippen LogP contribution >= 0.6 is 13.5 Å². The summed E-state index contributed by atoms with van der Waals surface area (Å²) < 4.78 is 7.42. The molecule has 0 spiro atoms. The third-order valence-corrected chi connectivity index (χ3v) is 6.06. The number of hydrogen-bond donors (Lipinski definition) is 2. The predicted octanol–water partition coefficient (Wildman–Crippen LogP) is 3.21. The second kappa shape index (κ2) is 8.91. The highest BCUT2D eigenvalue weighted by molar-refractivity contribution is 7.59. The lowest BCUT2D eigenvalue weighted by molar-refractivity contribution is 0.195. The highest BCUT2D eigenvalue weighted by atomic mass is 32.1. The van der Waals surface area contributed by atoms with Crippen molar-refractivity contribution in [3.05, 3.63) is 41.3 Å². The van der Waals surface area contributed by atoms with Gasteiger partial charge in [-0.3, -0.25) is 0 Å². The van der Waals surface area contributed by atoms with Crippen LogP contribution in [-0.2, 0) is 4.74 Å². The molecule has 0 saturated carbocycles. The van der Waals surface area contributed by atoms with Crippen LogP contribution in [0.15, 0.2) is 24.4 Å². The van der Waals surface area contributed by atoms with Gasteiger partial charge in [0.1, 0.15) is 11.6 Å². The van der Waals surface area contributed by atoms with E-state index in [2.05, 4.69) is 44.8 Å². The average molecular weight is 427 g/mol. The molecule has 0 bridgehead atoms. The molecule has 2 aromatic heterocycles. The van der Waals surface area contributed by atoms with Gasteiger partial charge < -0.3 is 15.4 Å². The topological polar surface area (TPSA) is 76.9 Å². The minimum absolute atomic E-state index is 0. The fourth-order valence-corrected chi connectivity index (χ4v) is 4.55. The molecule has 1 aromatic carbocycles. The SMILES string of the molecule is Cc1nc(N[C@H]2CCOC2)cc(-n2ncc3cc(C)c(C4CCNCC4)cc32)n1.S. The Kier molecular flexibility index (Phi) is 6.26. The van der Waals surface area contributed by atoms with Crippen molar-refractivity contribution in [1.29, 1.82) is 0 Å². The average Bonchev–Trinajstić information content (AvgIpc) is 3.37. The Morgan fingerprint density at radius 2 is 1.93 bits per heavy atom. The summed E-state index contributed by atoms with van der Waals surface area (Å²) in [6.07, 6.45) is 5.31. The molecule has 8 heteroatoms. The van der Waals surface area contributed by atoms with E-state index in [9.17, 15) is 0 Å². The molecule has 30 heavy (non-hydrogen) atoms. The van der Waals surface area contributed by atoms with E-state index in [-0.39, 0.29) is 13.5 Å². The molecule has 0 amide bonds.